The van der Waals surface area contributed by atoms with Crippen LogP contribution in [0.15, 0.2) is 12.1 Å². The summed E-state index contributed by atoms with van der Waals surface area (Å²) in [5, 5.41) is 6.41. The van der Waals surface area contributed by atoms with Crippen molar-refractivity contribution in [1.82, 2.24) is 10.3 Å². The second-order valence-corrected chi connectivity index (χ2v) is 9.08. The molecule has 6 nitrogen and oxygen atoms in total. The highest BCUT2D eigenvalue weighted by Crippen LogP contribution is 2.35. The van der Waals surface area contributed by atoms with Gasteiger partial charge in [0.1, 0.15) is 0 Å². The molecule has 0 aromatic carbocycles. The van der Waals surface area contributed by atoms with Crippen molar-refractivity contribution in [3.63, 3.8) is 0 Å². The highest BCUT2D eigenvalue weighted by atomic mass is 35.5. The third-order valence-corrected chi connectivity index (χ3v) is 6.50. The Morgan fingerprint density at radius 1 is 1.30 bits per heavy atom. The lowest BCUT2D eigenvalue weighted by Crippen LogP contribution is -2.34. The Labute approximate surface area is 173 Å². The van der Waals surface area contributed by atoms with Gasteiger partial charge < -0.3 is 16.4 Å². The van der Waals surface area contributed by atoms with Gasteiger partial charge in [-0.05, 0) is 38.3 Å². The Hall–Kier alpha value is -1.48. The van der Waals surface area contributed by atoms with Crippen LogP contribution in [0.2, 0.25) is 0 Å². The van der Waals surface area contributed by atoms with E-state index in [4.69, 9.17) is 5.73 Å². The number of hydrogen-bond acceptors (Lipinski definition) is 6. The summed E-state index contributed by atoms with van der Waals surface area (Å²) < 4.78 is 0. The van der Waals surface area contributed by atoms with Gasteiger partial charge in [0.25, 0.3) is 0 Å². The van der Waals surface area contributed by atoms with Crippen LogP contribution in [0.3, 0.4) is 0 Å². The van der Waals surface area contributed by atoms with Gasteiger partial charge in [-0.2, -0.15) is 0 Å². The van der Waals surface area contributed by atoms with Crippen molar-refractivity contribution in [2.24, 2.45) is 11.7 Å². The number of halogens is 1. The molecule has 2 amide bonds. The lowest BCUT2D eigenvalue weighted by atomic mass is 9.86. The fourth-order valence-electron chi connectivity index (χ4n) is 3.16. The minimum Gasteiger partial charge on any atom is -0.351 e. The molecular formula is C18H25ClN4O2S2. The van der Waals surface area contributed by atoms with E-state index < -0.39 is 0 Å². The van der Waals surface area contributed by atoms with Crippen LogP contribution in [0.25, 0.3) is 10.6 Å². The molecule has 2 aromatic heterocycles. The summed E-state index contributed by atoms with van der Waals surface area (Å²) in [7, 11) is 0. The SMILES string of the molecule is CC(=O)NCc1ccc(-c2nc(NC(=O)C3CCCC(N)C3)sc2C)s1.Cl. The number of nitrogens with zero attached hydrogens (tertiary/aromatic N) is 1. The highest BCUT2D eigenvalue weighted by Gasteiger charge is 2.26. The molecule has 2 aromatic rings. The number of carbonyl (C=O) groups is 2. The highest BCUT2D eigenvalue weighted by molar-refractivity contribution is 7.18. The zero-order chi connectivity index (χ0) is 18.7. The Morgan fingerprint density at radius 2 is 2.07 bits per heavy atom. The number of hydrogen-bond donors (Lipinski definition) is 3. The molecule has 2 atom stereocenters. The predicted octanol–water partition coefficient (Wildman–Crippen LogP) is 3.69. The van der Waals surface area contributed by atoms with Crippen LogP contribution in [0, 0.1) is 12.8 Å². The maximum atomic E-state index is 12.5. The first-order valence-electron chi connectivity index (χ1n) is 8.79. The zero-order valence-corrected chi connectivity index (χ0v) is 17.9. The number of aryl methyl sites for hydroxylation is 1. The molecule has 27 heavy (non-hydrogen) atoms. The Kier molecular flexibility index (Phi) is 7.79. The smallest absolute Gasteiger partial charge is 0.229 e. The van der Waals surface area contributed by atoms with E-state index in [1.807, 2.05) is 19.1 Å². The van der Waals surface area contributed by atoms with Crippen LogP contribution in [0.1, 0.15) is 42.4 Å². The second kappa shape index (κ2) is 9.64. The van der Waals surface area contributed by atoms with Gasteiger partial charge in [0.15, 0.2) is 5.13 Å². The Morgan fingerprint density at radius 3 is 2.78 bits per heavy atom. The number of rotatable bonds is 5. The van der Waals surface area contributed by atoms with Gasteiger partial charge in [0.2, 0.25) is 11.8 Å². The first-order chi connectivity index (χ1) is 12.4. The molecular weight excluding hydrogens is 404 g/mol. The van der Waals surface area contributed by atoms with Gasteiger partial charge >= 0.3 is 0 Å². The fraction of sp³-hybridized carbons (Fsp3) is 0.500. The number of carbonyl (C=O) groups excluding carboxylic acids is 2. The topological polar surface area (TPSA) is 97.1 Å². The molecule has 0 spiro atoms. The summed E-state index contributed by atoms with van der Waals surface area (Å²) in [6.07, 6.45) is 3.66. The number of anilines is 1. The quantitative estimate of drug-likeness (QED) is 0.676. The van der Waals surface area contributed by atoms with Crippen molar-refractivity contribution in [2.45, 2.75) is 52.1 Å². The molecule has 1 fully saturated rings. The van der Waals surface area contributed by atoms with E-state index in [1.165, 1.54) is 18.3 Å². The maximum Gasteiger partial charge on any atom is 0.229 e. The second-order valence-electron chi connectivity index (χ2n) is 6.71. The molecule has 0 radical (unpaired) electrons. The number of thiazole rings is 1. The fourth-order valence-corrected chi connectivity index (χ4v) is 5.05. The summed E-state index contributed by atoms with van der Waals surface area (Å²) in [4.78, 5) is 31.3. The molecule has 1 aliphatic rings. The monoisotopic (exact) mass is 428 g/mol. The number of thiophene rings is 1. The van der Waals surface area contributed by atoms with Gasteiger partial charge in [-0.1, -0.05) is 6.42 Å². The van der Waals surface area contributed by atoms with Crippen molar-refractivity contribution >= 4 is 52.0 Å². The number of aromatic nitrogens is 1. The summed E-state index contributed by atoms with van der Waals surface area (Å²) in [6.45, 7) is 4.04. The van der Waals surface area contributed by atoms with Crippen LogP contribution in [0.4, 0.5) is 5.13 Å². The minimum atomic E-state index is -0.0442. The maximum absolute atomic E-state index is 12.5. The lowest BCUT2D eigenvalue weighted by molar-refractivity contribution is -0.121. The Balaban J connectivity index is 0.00000261. The molecule has 1 aliphatic carbocycles. The molecule has 3 rings (SSSR count). The predicted molar refractivity (Wildman–Crippen MR) is 113 cm³/mol. The van der Waals surface area contributed by atoms with Crippen LogP contribution in [-0.2, 0) is 16.1 Å². The summed E-state index contributed by atoms with van der Waals surface area (Å²) >= 11 is 3.10. The molecule has 2 heterocycles. The first-order valence-corrected chi connectivity index (χ1v) is 10.4. The molecule has 9 heteroatoms. The van der Waals surface area contributed by atoms with Crippen LogP contribution >= 0.6 is 35.1 Å². The molecule has 0 aliphatic heterocycles. The zero-order valence-electron chi connectivity index (χ0n) is 15.4. The van der Waals surface area contributed by atoms with Gasteiger partial charge in [0.05, 0.1) is 17.1 Å². The molecule has 2 unspecified atom stereocenters. The summed E-state index contributed by atoms with van der Waals surface area (Å²) in [5.41, 5.74) is 6.88. The molecule has 1 saturated carbocycles. The van der Waals surface area contributed by atoms with E-state index in [0.29, 0.717) is 11.7 Å². The lowest BCUT2D eigenvalue weighted by Gasteiger charge is -2.25. The molecule has 0 saturated heterocycles. The molecule has 0 bridgehead atoms. The van der Waals surface area contributed by atoms with E-state index in [0.717, 1.165) is 46.0 Å². The van der Waals surface area contributed by atoms with E-state index in [9.17, 15) is 9.59 Å². The van der Waals surface area contributed by atoms with E-state index in [2.05, 4.69) is 15.6 Å². The summed E-state index contributed by atoms with van der Waals surface area (Å²) in [5.74, 6) is -0.0346. The minimum absolute atomic E-state index is 0. The number of nitrogens with two attached hydrogens (primary N) is 1. The van der Waals surface area contributed by atoms with Crippen molar-refractivity contribution in [2.75, 3.05) is 5.32 Å². The van der Waals surface area contributed by atoms with Gasteiger partial charge in [-0.15, -0.1) is 35.1 Å². The standard InChI is InChI=1S/C18H24N4O2S2.ClH/c1-10-16(15-7-6-14(26-15)9-20-11(2)23)21-18(25-10)22-17(24)12-4-3-5-13(19)8-12;/h6-7,12-13H,3-5,8-9,19H2,1-2H3,(H,20,23)(H,21,22,24);1H. The third kappa shape index (κ3) is 5.75. The average Bonchev–Trinajstić information content (AvgIpc) is 3.19. The number of amides is 2. The summed E-state index contributed by atoms with van der Waals surface area (Å²) in [6, 6.07) is 4.13. The van der Waals surface area contributed by atoms with Crippen molar-refractivity contribution in [3.8, 4) is 10.6 Å². The van der Waals surface area contributed by atoms with Crippen LogP contribution < -0.4 is 16.4 Å². The van der Waals surface area contributed by atoms with E-state index in [1.54, 1.807) is 11.3 Å². The van der Waals surface area contributed by atoms with Crippen molar-refractivity contribution in [3.05, 3.63) is 21.9 Å². The third-order valence-electron chi connectivity index (χ3n) is 4.52. The average molecular weight is 429 g/mol. The van der Waals surface area contributed by atoms with E-state index in [-0.39, 0.29) is 36.2 Å². The van der Waals surface area contributed by atoms with Gasteiger partial charge in [-0.25, -0.2) is 4.98 Å². The molecule has 4 N–H and O–H groups in total. The normalized spacial score (nSPS) is 19.2. The Bertz CT molecular complexity index is 805. The van der Waals surface area contributed by atoms with Crippen LogP contribution in [-0.4, -0.2) is 22.8 Å². The largest absolute Gasteiger partial charge is 0.351 e. The van der Waals surface area contributed by atoms with Crippen molar-refractivity contribution in [1.29, 1.82) is 0 Å². The number of nitrogens with one attached hydrogen (secondary N) is 2. The van der Waals surface area contributed by atoms with Gasteiger partial charge in [-0.3, -0.25) is 9.59 Å². The van der Waals surface area contributed by atoms with Crippen LogP contribution in [0.5, 0.6) is 0 Å². The van der Waals surface area contributed by atoms with E-state index >= 15 is 0 Å². The first kappa shape index (κ1) is 21.8. The van der Waals surface area contributed by atoms with Gasteiger partial charge in [0, 0.05) is 28.6 Å². The molecule has 148 valence electrons. The van der Waals surface area contributed by atoms with Crippen molar-refractivity contribution < 1.29 is 9.59 Å².